The summed E-state index contributed by atoms with van der Waals surface area (Å²) in [4.78, 5) is 8.56. The van der Waals surface area contributed by atoms with Crippen molar-refractivity contribution in [3.8, 4) is 0 Å². The van der Waals surface area contributed by atoms with Gasteiger partial charge in [0, 0.05) is 18.0 Å². The number of rotatable bonds is 3. The molecule has 1 atom stereocenters. The fourth-order valence-corrected chi connectivity index (χ4v) is 4.97. The van der Waals surface area contributed by atoms with Gasteiger partial charge >= 0.3 is 0 Å². The van der Waals surface area contributed by atoms with Crippen molar-refractivity contribution in [3.63, 3.8) is 0 Å². The molecular formula is C19H14ClN3O2S. The molecule has 26 heavy (non-hydrogen) atoms. The summed E-state index contributed by atoms with van der Waals surface area (Å²) in [6, 6.07) is 13.4. The molecule has 0 spiro atoms. The van der Waals surface area contributed by atoms with Crippen LogP contribution in [0.1, 0.15) is 22.1 Å². The van der Waals surface area contributed by atoms with Crippen molar-refractivity contribution in [1.29, 1.82) is 0 Å². The van der Waals surface area contributed by atoms with E-state index in [1.165, 1.54) is 6.20 Å². The van der Waals surface area contributed by atoms with E-state index in [1.807, 2.05) is 0 Å². The van der Waals surface area contributed by atoms with E-state index in [9.17, 15) is 8.42 Å². The number of anilines is 1. The zero-order valence-electron chi connectivity index (χ0n) is 13.5. The van der Waals surface area contributed by atoms with Gasteiger partial charge in [-0.15, -0.1) is 0 Å². The molecule has 2 aromatic heterocycles. The quantitative estimate of drug-likeness (QED) is 0.745. The highest BCUT2D eigenvalue weighted by molar-refractivity contribution is 7.91. The van der Waals surface area contributed by atoms with Crippen LogP contribution >= 0.6 is 11.6 Å². The monoisotopic (exact) mass is 383 g/mol. The zero-order chi connectivity index (χ0) is 18.3. The van der Waals surface area contributed by atoms with E-state index in [4.69, 9.17) is 17.3 Å². The molecule has 2 heterocycles. The van der Waals surface area contributed by atoms with Crippen molar-refractivity contribution < 1.29 is 8.42 Å². The first-order chi connectivity index (χ1) is 12.5. The molecule has 1 aliphatic rings. The summed E-state index contributed by atoms with van der Waals surface area (Å²) in [5, 5.41) is -0.467. The molecule has 0 bridgehead atoms. The van der Waals surface area contributed by atoms with Gasteiger partial charge in [-0.05, 0) is 41.5 Å². The summed E-state index contributed by atoms with van der Waals surface area (Å²) in [6.07, 6.45) is 4.78. The summed E-state index contributed by atoms with van der Waals surface area (Å²) >= 11 is 6.39. The van der Waals surface area contributed by atoms with Gasteiger partial charge in [-0.1, -0.05) is 35.9 Å². The van der Waals surface area contributed by atoms with Crippen molar-refractivity contribution in [2.75, 3.05) is 5.73 Å². The lowest BCUT2D eigenvalue weighted by Gasteiger charge is -2.12. The first-order valence-corrected chi connectivity index (χ1v) is 9.78. The SMILES string of the molecule is Nc1cc(C2=CC(S(=O)(=O)c3ccccc3)c3nccc(Cl)c32)ccn1. The van der Waals surface area contributed by atoms with Crippen LogP contribution in [0.15, 0.2) is 71.9 Å². The Morgan fingerprint density at radius 2 is 1.73 bits per heavy atom. The van der Waals surface area contributed by atoms with Gasteiger partial charge < -0.3 is 5.73 Å². The van der Waals surface area contributed by atoms with Crippen molar-refractivity contribution in [3.05, 3.63) is 88.8 Å². The van der Waals surface area contributed by atoms with Gasteiger partial charge in [0.2, 0.25) is 0 Å². The standard InChI is InChI=1S/C19H14ClN3O2S/c20-15-7-9-23-19-16(26(24,25)13-4-2-1-3-5-13)11-14(18(15)19)12-6-8-22-17(21)10-12/h1-11,16H,(H2,21,22). The minimum absolute atomic E-state index is 0.240. The lowest BCUT2D eigenvalue weighted by Crippen LogP contribution is -2.11. The molecule has 0 amide bonds. The van der Waals surface area contributed by atoms with Crippen LogP contribution < -0.4 is 5.73 Å². The average Bonchev–Trinajstić information content (AvgIpc) is 3.04. The van der Waals surface area contributed by atoms with Crippen LogP contribution in [0, 0.1) is 0 Å². The number of hydrogen-bond donors (Lipinski definition) is 1. The summed E-state index contributed by atoms with van der Waals surface area (Å²) in [6.45, 7) is 0. The lowest BCUT2D eigenvalue weighted by atomic mass is 10.0. The summed E-state index contributed by atoms with van der Waals surface area (Å²) in [7, 11) is -3.66. The van der Waals surface area contributed by atoms with Gasteiger partial charge in [-0.2, -0.15) is 0 Å². The molecule has 0 saturated heterocycles. The summed E-state index contributed by atoms with van der Waals surface area (Å²) < 4.78 is 26.4. The van der Waals surface area contributed by atoms with Gasteiger partial charge in [0.1, 0.15) is 11.1 Å². The number of sulfone groups is 1. The second-order valence-corrected chi connectivity index (χ2v) is 8.36. The molecule has 0 radical (unpaired) electrons. The van der Waals surface area contributed by atoms with Gasteiger partial charge in [-0.3, -0.25) is 4.98 Å². The van der Waals surface area contributed by atoms with E-state index < -0.39 is 15.1 Å². The fourth-order valence-electron chi connectivity index (χ4n) is 3.10. The van der Waals surface area contributed by atoms with E-state index in [0.29, 0.717) is 27.7 Å². The highest BCUT2D eigenvalue weighted by Crippen LogP contribution is 2.45. The third-order valence-electron chi connectivity index (χ3n) is 4.28. The highest BCUT2D eigenvalue weighted by Gasteiger charge is 2.37. The topological polar surface area (TPSA) is 85.9 Å². The number of nitrogens with two attached hydrogens (primary N) is 1. The molecule has 0 fully saturated rings. The minimum atomic E-state index is -3.66. The summed E-state index contributed by atoms with van der Waals surface area (Å²) in [5.41, 5.74) is 8.27. The minimum Gasteiger partial charge on any atom is -0.384 e. The molecule has 4 rings (SSSR count). The largest absolute Gasteiger partial charge is 0.384 e. The molecule has 1 unspecified atom stereocenters. The van der Waals surface area contributed by atoms with E-state index >= 15 is 0 Å². The normalized spacial score (nSPS) is 16.2. The van der Waals surface area contributed by atoms with Crippen molar-refractivity contribution >= 4 is 32.8 Å². The maximum absolute atomic E-state index is 13.2. The van der Waals surface area contributed by atoms with Crippen LogP contribution in [-0.2, 0) is 9.84 Å². The van der Waals surface area contributed by atoms with E-state index in [0.717, 1.165) is 5.56 Å². The number of nitrogen functional groups attached to an aromatic ring is 1. The third kappa shape index (κ3) is 2.67. The first-order valence-electron chi connectivity index (χ1n) is 7.86. The highest BCUT2D eigenvalue weighted by atomic mass is 35.5. The van der Waals surface area contributed by atoms with Crippen LogP contribution in [0.4, 0.5) is 5.82 Å². The number of aromatic nitrogens is 2. The Morgan fingerprint density at radius 1 is 1.00 bits per heavy atom. The van der Waals surface area contributed by atoms with Gasteiger partial charge in [0.05, 0.1) is 15.6 Å². The first kappa shape index (κ1) is 16.8. The maximum atomic E-state index is 13.2. The van der Waals surface area contributed by atoms with Crippen molar-refractivity contribution in [2.45, 2.75) is 10.1 Å². The Morgan fingerprint density at radius 3 is 2.46 bits per heavy atom. The average molecular weight is 384 g/mol. The Bertz CT molecular complexity index is 1130. The van der Waals surface area contributed by atoms with E-state index in [2.05, 4.69) is 9.97 Å². The molecule has 0 saturated carbocycles. The summed E-state index contributed by atoms with van der Waals surface area (Å²) in [5.74, 6) is 0.347. The van der Waals surface area contributed by atoms with Crippen LogP contribution in [-0.4, -0.2) is 18.4 Å². The van der Waals surface area contributed by atoms with Crippen LogP contribution in [0.2, 0.25) is 5.02 Å². The van der Waals surface area contributed by atoms with Crippen LogP contribution in [0.25, 0.3) is 5.57 Å². The van der Waals surface area contributed by atoms with Gasteiger partial charge in [-0.25, -0.2) is 13.4 Å². The smallest absolute Gasteiger partial charge is 0.190 e. The number of nitrogens with zero attached hydrogens (tertiary/aromatic N) is 2. The molecular weight excluding hydrogens is 370 g/mol. The van der Waals surface area contributed by atoms with Gasteiger partial charge in [0.15, 0.2) is 9.84 Å². The van der Waals surface area contributed by atoms with Crippen LogP contribution in [0.3, 0.4) is 0 Å². The Kier molecular flexibility index (Phi) is 4.01. The van der Waals surface area contributed by atoms with Gasteiger partial charge in [0.25, 0.3) is 0 Å². The molecule has 7 heteroatoms. The number of hydrogen-bond acceptors (Lipinski definition) is 5. The molecule has 0 aliphatic heterocycles. The molecule has 1 aliphatic carbocycles. The number of pyridine rings is 2. The predicted octanol–water partition coefficient (Wildman–Crippen LogP) is 3.67. The Balaban J connectivity index is 1.94. The van der Waals surface area contributed by atoms with Crippen molar-refractivity contribution in [1.82, 2.24) is 9.97 Å². The number of fused-ring (bicyclic) bond motifs is 1. The third-order valence-corrected chi connectivity index (χ3v) is 6.56. The second kappa shape index (κ2) is 6.23. The predicted molar refractivity (Wildman–Crippen MR) is 101 cm³/mol. The Labute approximate surface area is 156 Å². The Hall–Kier alpha value is -2.70. The number of halogens is 1. The molecule has 1 aromatic carbocycles. The molecule has 130 valence electrons. The second-order valence-electron chi connectivity index (χ2n) is 5.88. The molecule has 2 N–H and O–H groups in total. The molecule has 3 aromatic rings. The van der Waals surface area contributed by atoms with E-state index in [1.54, 1.807) is 60.8 Å². The van der Waals surface area contributed by atoms with E-state index in [-0.39, 0.29) is 4.90 Å². The molecule has 5 nitrogen and oxygen atoms in total. The maximum Gasteiger partial charge on any atom is 0.190 e. The lowest BCUT2D eigenvalue weighted by molar-refractivity contribution is 0.590. The number of benzene rings is 1. The van der Waals surface area contributed by atoms with Crippen LogP contribution in [0.5, 0.6) is 0 Å². The fraction of sp³-hybridized carbons (Fsp3) is 0.0526. The van der Waals surface area contributed by atoms with Crippen molar-refractivity contribution in [2.24, 2.45) is 0 Å². The zero-order valence-corrected chi connectivity index (χ0v) is 15.1.